The predicted octanol–water partition coefficient (Wildman–Crippen LogP) is 3.04. The van der Waals surface area contributed by atoms with Crippen molar-refractivity contribution >= 4 is 28.3 Å². The van der Waals surface area contributed by atoms with E-state index < -0.39 is 0 Å². The van der Waals surface area contributed by atoms with Crippen LogP contribution in [0.15, 0.2) is 35.7 Å². The van der Waals surface area contributed by atoms with Gasteiger partial charge >= 0.3 is 6.03 Å². The van der Waals surface area contributed by atoms with Crippen LogP contribution in [0.5, 0.6) is 11.5 Å². The molecular formula is C19H21N3O4S. The van der Waals surface area contributed by atoms with E-state index in [1.54, 1.807) is 4.90 Å². The molecule has 2 aromatic rings. The summed E-state index contributed by atoms with van der Waals surface area (Å²) in [6.45, 7) is 1.86. The third-order valence-electron chi connectivity index (χ3n) is 4.81. The van der Waals surface area contributed by atoms with Gasteiger partial charge in [-0.05, 0) is 48.1 Å². The van der Waals surface area contributed by atoms with Crippen molar-refractivity contribution in [1.82, 2.24) is 10.2 Å². The van der Waals surface area contributed by atoms with Crippen molar-refractivity contribution in [2.45, 2.75) is 19.4 Å². The first-order valence-electron chi connectivity index (χ1n) is 8.95. The molecule has 1 aromatic heterocycles. The monoisotopic (exact) mass is 387 g/mol. The smallest absolute Gasteiger partial charge is 0.322 e. The number of hydrogen-bond donors (Lipinski definition) is 2. The highest BCUT2D eigenvalue weighted by atomic mass is 32.1. The van der Waals surface area contributed by atoms with E-state index in [-0.39, 0.29) is 24.6 Å². The maximum absolute atomic E-state index is 12.5. The normalized spacial score (nSPS) is 16.2. The standard InChI is InChI=1S/C19H21N3O4S/c23-18(20-11-13-3-4-15-16(10-13)26-12-25-15)14-5-7-22(8-6-14)19(24)21-17-2-1-9-27-17/h1-4,9-10,14H,5-8,11-12H2,(H,20,23)(H,21,24). The van der Waals surface area contributed by atoms with Gasteiger partial charge in [0.15, 0.2) is 11.5 Å². The van der Waals surface area contributed by atoms with Crippen molar-refractivity contribution in [3.05, 3.63) is 41.3 Å². The molecule has 1 fully saturated rings. The van der Waals surface area contributed by atoms with Crippen LogP contribution in [0.4, 0.5) is 9.80 Å². The molecule has 0 atom stereocenters. The van der Waals surface area contributed by atoms with E-state index in [1.165, 1.54) is 11.3 Å². The first-order valence-corrected chi connectivity index (χ1v) is 9.83. The van der Waals surface area contributed by atoms with Gasteiger partial charge in [0, 0.05) is 25.6 Å². The average molecular weight is 387 g/mol. The van der Waals surface area contributed by atoms with Crippen LogP contribution >= 0.6 is 11.3 Å². The van der Waals surface area contributed by atoms with E-state index in [0.717, 1.165) is 16.3 Å². The van der Waals surface area contributed by atoms with Gasteiger partial charge in [0.1, 0.15) is 0 Å². The van der Waals surface area contributed by atoms with E-state index in [4.69, 9.17) is 9.47 Å². The van der Waals surface area contributed by atoms with Gasteiger partial charge < -0.3 is 19.7 Å². The zero-order valence-electron chi connectivity index (χ0n) is 14.8. The van der Waals surface area contributed by atoms with Crippen LogP contribution in [-0.4, -0.2) is 36.7 Å². The van der Waals surface area contributed by atoms with Crippen molar-refractivity contribution in [2.75, 3.05) is 25.2 Å². The highest BCUT2D eigenvalue weighted by molar-refractivity contribution is 7.14. The molecule has 1 saturated heterocycles. The number of ether oxygens (including phenoxy) is 2. The lowest BCUT2D eigenvalue weighted by Crippen LogP contribution is -2.44. The number of amides is 3. The van der Waals surface area contributed by atoms with Crippen LogP contribution < -0.4 is 20.1 Å². The quantitative estimate of drug-likeness (QED) is 0.845. The SMILES string of the molecule is O=C(NCc1ccc2c(c1)OCO2)C1CCN(C(=O)Nc2cccs2)CC1. The third kappa shape index (κ3) is 4.16. The van der Waals surface area contributed by atoms with Gasteiger partial charge in [0.2, 0.25) is 12.7 Å². The van der Waals surface area contributed by atoms with E-state index in [0.29, 0.717) is 38.2 Å². The minimum Gasteiger partial charge on any atom is -0.454 e. The summed E-state index contributed by atoms with van der Waals surface area (Å²) in [5, 5.41) is 8.63. The number of carbonyl (C=O) groups is 2. The van der Waals surface area contributed by atoms with Gasteiger partial charge in [0.25, 0.3) is 0 Å². The molecule has 0 aliphatic carbocycles. The van der Waals surface area contributed by atoms with Crippen LogP contribution in [0, 0.1) is 5.92 Å². The number of anilines is 1. The Labute approximate surface area is 161 Å². The zero-order valence-corrected chi connectivity index (χ0v) is 15.6. The van der Waals surface area contributed by atoms with Crippen LogP contribution in [0.25, 0.3) is 0 Å². The second-order valence-corrected chi connectivity index (χ2v) is 7.52. The van der Waals surface area contributed by atoms with Crippen LogP contribution in [-0.2, 0) is 11.3 Å². The number of thiophene rings is 1. The number of carbonyl (C=O) groups excluding carboxylic acids is 2. The highest BCUT2D eigenvalue weighted by Gasteiger charge is 2.27. The number of fused-ring (bicyclic) bond motifs is 1. The fourth-order valence-corrected chi connectivity index (χ4v) is 3.87. The minimum absolute atomic E-state index is 0.0333. The Kier molecular flexibility index (Phi) is 5.15. The largest absolute Gasteiger partial charge is 0.454 e. The Hall–Kier alpha value is -2.74. The van der Waals surface area contributed by atoms with Crippen molar-refractivity contribution < 1.29 is 19.1 Å². The summed E-state index contributed by atoms with van der Waals surface area (Å²) < 4.78 is 10.6. The van der Waals surface area contributed by atoms with Crippen LogP contribution in [0.3, 0.4) is 0 Å². The summed E-state index contributed by atoms with van der Waals surface area (Å²) in [5.41, 5.74) is 0.973. The maximum Gasteiger partial charge on any atom is 0.322 e. The predicted molar refractivity (Wildman–Crippen MR) is 102 cm³/mol. The summed E-state index contributed by atoms with van der Waals surface area (Å²) in [6, 6.07) is 9.34. The molecule has 4 rings (SSSR count). The lowest BCUT2D eigenvalue weighted by Gasteiger charge is -2.31. The molecule has 0 spiro atoms. The number of urea groups is 1. The average Bonchev–Trinajstić information content (AvgIpc) is 3.37. The van der Waals surface area contributed by atoms with E-state index >= 15 is 0 Å². The molecule has 0 radical (unpaired) electrons. The Bertz CT molecular complexity index is 816. The van der Waals surface area contributed by atoms with Crippen molar-refractivity contribution in [3.63, 3.8) is 0 Å². The van der Waals surface area contributed by atoms with Gasteiger partial charge in [-0.1, -0.05) is 6.07 Å². The number of benzene rings is 1. The summed E-state index contributed by atoms with van der Waals surface area (Å²) in [6.07, 6.45) is 1.34. The summed E-state index contributed by atoms with van der Waals surface area (Å²) >= 11 is 1.49. The molecule has 1 aromatic carbocycles. The van der Waals surface area contributed by atoms with Gasteiger partial charge in [-0.15, -0.1) is 11.3 Å². The van der Waals surface area contributed by atoms with Crippen molar-refractivity contribution in [2.24, 2.45) is 5.92 Å². The molecular weight excluding hydrogens is 366 g/mol. The lowest BCUT2D eigenvalue weighted by molar-refractivity contribution is -0.126. The van der Waals surface area contributed by atoms with Gasteiger partial charge in [-0.25, -0.2) is 4.79 Å². The number of piperidine rings is 1. The molecule has 0 saturated carbocycles. The van der Waals surface area contributed by atoms with Gasteiger partial charge in [-0.2, -0.15) is 0 Å². The Morgan fingerprint density at radius 2 is 1.96 bits per heavy atom. The number of likely N-dealkylation sites (tertiary alicyclic amines) is 1. The Morgan fingerprint density at radius 3 is 2.74 bits per heavy atom. The molecule has 0 bridgehead atoms. The second-order valence-electron chi connectivity index (χ2n) is 6.57. The minimum atomic E-state index is -0.100. The molecule has 7 nitrogen and oxygen atoms in total. The lowest BCUT2D eigenvalue weighted by atomic mass is 9.96. The molecule has 3 amide bonds. The number of hydrogen-bond acceptors (Lipinski definition) is 5. The second kappa shape index (κ2) is 7.87. The Morgan fingerprint density at radius 1 is 1.15 bits per heavy atom. The highest BCUT2D eigenvalue weighted by Crippen LogP contribution is 2.32. The fraction of sp³-hybridized carbons (Fsp3) is 0.368. The maximum atomic E-state index is 12.5. The van der Waals surface area contributed by atoms with Crippen molar-refractivity contribution in [1.29, 1.82) is 0 Å². The van der Waals surface area contributed by atoms with Gasteiger partial charge in [0.05, 0.1) is 5.00 Å². The van der Waals surface area contributed by atoms with Crippen LogP contribution in [0.2, 0.25) is 0 Å². The topological polar surface area (TPSA) is 79.9 Å². The Balaban J connectivity index is 1.23. The van der Waals surface area contributed by atoms with E-state index in [9.17, 15) is 9.59 Å². The third-order valence-corrected chi connectivity index (χ3v) is 5.59. The molecule has 3 heterocycles. The first-order chi connectivity index (χ1) is 13.2. The summed E-state index contributed by atoms with van der Waals surface area (Å²) in [4.78, 5) is 26.5. The molecule has 0 unspecified atom stereocenters. The summed E-state index contributed by atoms with van der Waals surface area (Å²) in [5.74, 6) is 1.42. The van der Waals surface area contributed by atoms with E-state index in [2.05, 4.69) is 10.6 Å². The molecule has 27 heavy (non-hydrogen) atoms. The molecule has 2 aliphatic heterocycles. The number of rotatable bonds is 4. The fourth-order valence-electron chi connectivity index (χ4n) is 3.26. The van der Waals surface area contributed by atoms with Crippen molar-refractivity contribution in [3.8, 4) is 11.5 Å². The van der Waals surface area contributed by atoms with E-state index in [1.807, 2.05) is 35.7 Å². The molecule has 142 valence electrons. The molecule has 2 aliphatic rings. The molecule has 8 heteroatoms. The zero-order chi connectivity index (χ0) is 18.6. The first kappa shape index (κ1) is 17.7. The van der Waals surface area contributed by atoms with Gasteiger partial charge in [-0.3, -0.25) is 10.1 Å². The summed E-state index contributed by atoms with van der Waals surface area (Å²) in [7, 11) is 0. The number of nitrogens with zero attached hydrogens (tertiary/aromatic N) is 1. The van der Waals surface area contributed by atoms with Crippen LogP contribution in [0.1, 0.15) is 18.4 Å². The number of nitrogens with one attached hydrogen (secondary N) is 2. The molecule has 2 N–H and O–H groups in total.